The van der Waals surface area contributed by atoms with Crippen LogP contribution in [0, 0.1) is 5.92 Å². The summed E-state index contributed by atoms with van der Waals surface area (Å²) in [6.45, 7) is 14.3. The fourth-order valence-corrected chi connectivity index (χ4v) is 7.40. The van der Waals surface area contributed by atoms with E-state index in [1.807, 2.05) is 12.3 Å². The van der Waals surface area contributed by atoms with E-state index in [-0.39, 0.29) is 5.41 Å². The fraction of sp³-hybridized carbons (Fsp3) is 0.229. The highest BCUT2D eigenvalue weighted by Gasteiger charge is 2.21. The quantitative estimate of drug-likeness (QED) is 0.150. The maximum atomic E-state index is 6.64. The summed E-state index contributed by atoms with van der Waals surface area (Å²) in [4.78, 5) is 9.49. The average Bonchev–Trinajstić information content (AvgIpc) is 3.78. The van der Waals surface area contributed by atoms with Crippen molar-refractivity contribution in [1.29, 1.82) is 0 Å². The van der Waals surface area contributed by atoms with Gasteiger partial charge in [0.1, 0.15) is 17.3 Å². The van der Waals surface area contributed by atoms with Gasteiger partial charge in [0.25, 0.3) is 0 Å². The normalized spacial score (nSPS) is 13.2. The van der Waals surface area contributed by atoms with Gasteiger partial charge in [0.15, 0.2) is 0 Å². The molecule has 7 aromatic rings. The van der Waals surface area contributed by atoms with Crippen molar-refractivity contribution in [2.24, 2.45) is 5.92 Å². The summed E-state index contributed by atoms with van der Waals surface area (Å²) in [5.74, 6) is 3.05. The molecule has 3 heterocycles. The Morgan fingerprint density at radius 3 is 2.23 bits per heavy atom. The summed E-state index contributed by atoms with van der Waals surface area (Å²) in [7, 11) is 0. The number of nitrogens with zero attached hydrogens (tertiary/aromatic N) is 4. The van der Waals surface area contributed by atoms with Gasteiger partial charge in [-0.25, -0.2) is 4.98 Å². The molecule has 8 rings (SSSR count). The molecule has 0 amide bonds. The molecule has 5 heteroatoms. The molecule has 1 aliphatic heterocycles. The molecule has 2 aromatic heterocycles. The topological polar surface area (TPSA) is 33.5 Å². The molecule has 0 radical (unpaired) electrons. The van der Waals surface area contributed by atoms with E-state index in [2.05, 4.69) is 184 Å². The first-order chi connectivity index (χ1) is 25.6. The van der Waals surface area contributed by atoms with Gasteiger partial charge in [-0.2, -0.15) is 0 Å². The lowest BCUT2D eigenvalue weighted by molar-refractivity contribution is 0.483. The van der Waals surface area contributed by atoms with Crippen LogP contribution in [0.2, 0.25) is 0 Å². The molecule has 0 bridgehead atoms. The van der Waals surface area contributed by atoms with E-state index < -0.39 is 0 Å². The van der Waals surface area contributed by atoms with Crippen LogP contribution in [0.25, 0.3) is 38.8 Å². The minimum Gasteiger partial charge on any atom is -0.457 e. The molecule has 0 aliphatic carbocycles. The third-order valence-electron chi connectivity index (χ3n) is 10.2. The highest BCUT2D eigenvalue weighted by molar-refractivity contribution is 6.10. The highest BCUT2D eigenvalue weighted by atomic mass is 16.5. The minimum absolute atomic E-state index is 0.0888. The Balaban J connectivity index is 1.12. The van der Waals surface area contributed by atoms with E-state index in [0.29, 0.717) is 5.92 Å². The van der Waals surface area contributed by atoms with E-state index in [9.17, 15) is 0 Å². The number of hydrogen-bond acceptors (Lipinski definition) is 4. The van der Waals surface area contributed by atoms with Crippen molar-refractivity contribution in [3.63, 3.8) is 0 Å². The maximum absolute atomic E-state index is 6.64. The van der Waals surface area contributed by atoms with Crippen LogP contribution in [0.5, 0.6) is 11.5 Å². The first-order valence-corrected chi connectivity index (χ1v) is 18.9. The van der Waals surface area contributed by atoms with E-state index >= 15 is 0 Å². The molecular weight excluding hydrogens is 649 g/mol. The smallest absolute Gasteiger partial charge is 0.137 e. The summed E-state index contributed by atoms with van der Waals surface area (Å²) >= 11 is 0. The number of fused-ring (bicyclic) bond motifs is 3. The molecule has 5 aromatic carbocycles. The SMILES string of the molecule is CCc1cc(N2C=CN(c3cccc(Oc4ccc5c6cc(-c7ccccc7)ccc6n(-c6cc(CC(C)C)ccn6)c5c4)c3)C2)cc(C(C)(C)C)c1. The van der Waals surface area contributed by atoms with Crippen LogP contribution in [0.15, 0.2) is 140 Å². The lowest BCUT2D eigenvalue weighted by Gasteiger charge is -2.26. The zero-order valence-corrected chi connectivity index (χ0v) is 31.7. The Kier molecular flexibility index (Phi) is 9.03. The van der Waals surface area contributed by atoms with Crippen LogP contribution in [-0.2, 0) is 18.3 Å². The van der Waals surface area contributed by atoms with E-state index in [0.717, 1.165) is 53.5 Å². The first kappa shape index (κ1) is 34.3. The lowest BCUT2D eigenvalue weighted by Crippen LogP contribution is -2.25. The average molecular weight is 697 g/mol. The van der Waals surface area contributed by atoms with Crippen LogP contribution in [0.3, 0.4) is 0 Å². The second kappa shape index (κ2) is 14.0. The number of hydrogen-bond donors (Lipinski definition) is 0. The van der Waals surface area contributed by atoms with Crippen LogP contribution in [0.4, 0.5) is 11.4 Å². The molecule has 0 N–H and O–H groups in total. The number of rotatable bonds is 9. The summed E-state index contributed by atoms with van der Waals surface area (Å²) in [6, 6.07) is 43.5. The molecule has 0 atom stereocenters. The van der Waals surface area contributed by atoms with Gasteiger partial charge in [0.05, 0.1) is 17.7 Å². The molecule has 1 aliphatic rings. The monoisotopic (exact) mass is 696 g/mol. The predicted octanol–water partition coefficient (Wildman–Crippen LogP) is 12.5. The van der Waals surface area contributed by atoms with Crippen LogP contribution in [0.1, 0.15) is 58.2 Å². The number of pyridine rings is 1. The van der Waals surface area contributed by atoms with Gasteiger partial charge < -0.3 is 14.5 Å². The second-order valence-corrected chi connectivity index (χ2v) is 15.7. The van der Waals surface area contributed by atoms with Gasteiger partial charge >= 0.3 is 0 Å². The van der Waals surface area contributed by atoms with Crippen molar-refractivity contribution >= 4 is 33.2 Å². The minimum atomic E-state index is 0.0888. The summed E-state index contributed by atoms with van der Waals surface area (Å²) in [5, 5.41) is 2.36. The van der Waals surface area contributed by atoms with E-state index in [1.54, 1.807) is 0 Å². The van der Waals surface area contributed by atoms with Crippen LogP contribution in [-0.4, -0.2) is 16.2 Å². The van der Waals surface area contributed by atoms with E-state index in [1.165, 1.54) is 44.3 Å². The van der Waals surface area contributed by atoms with Crippen LogP contribution >= 0.6 is 0 Å². The molecule has 0 fully saturated rings. The molecule has 266 valence electrons. The zero-order chi connectivity index (χ0) is 36.7. The van der Waals surface area contributed by atoms with Crippen molar-refractivity contribution in [2.75, 3.05) is 16.5 Å². The van der Waals surface area contributed by atoms with Crippen molar-refractivity contribution in [1.82, 2.24) is 9.55 Å². The maximum Gasteiger partial charge on any atom is 0.137 e. The summed E-state index contributed by atoms with van der Waals surface area (Å²) in [5.41, 5.74) is 11.0. The lowest BCUT2D eigenvalue weighted by atomic mass is 9.85. The molecule has 5 nitrogen and oxygen atoms in total. The number of anilines is 2. The van der Waals surface area contributed by atoms with Crippen LogP contribution < -0.4 is 14.5 Å². The Morgan fingerprint density at radius 1 is 0.660 bits per heavy atom. The molecule has 0 spiro atoms. The van der Waals surface area contributed by atoms with Crippen molar-refractivity contribution < 1.29 is 4.74 Å². The Bertz CT molecular complexity index is 2450. The number of ether oxygens (including phenoxy) is 1. The third kappa shape index (κ3) is 7.04. The summed E-state index contributed by atoms with van der Waals surface area (Å²) < 4.78 is 8.93. The van der Waals surface area contributed by atoms with Gasteiger partial charge in [-0.15, -0.1) is 0 Å². The number of aromatic nitrogens is 2. The Morgan fingerprint density at radius 2 is 1.45 bits per heavy atom. The molecular formula is C48H48N4O. The highest BCUT2D eigenvalue weighted by Crippen LogP contribution is 2.38. The predicted molar refractivity (Wildman–Crippen MR) is 223 cm³/mol. The van der Waals surface area contributed by atoms with Crippen molar-refractivity contribution in [3.05, 3.63) is 157 Å². The Labute approximate surface area is 313 Å². The number of aryl methyl sites for hydroxylation is 1. The third-order valence-corrected chi connectivity index (χ3v) is 10.2. The summed E-state index contributed by atoms with van der Waals surface area (Å²) in [6.07, 6.45) is 8.28. The second-order valence-electron chi connectivity index (χ2n) is 15.7. The van der Waals surface area contributed by atoms with Gasteiger partial charge in [-0.3, -0.25) is 4.57 Å². The Hall–Kier alpha value is -5.81. The molecule has 53 heavy (non-hydrogen) atoms. The van der Waals surface area contributed by atoms with Gasteiger partial charge in [-0.1, -0.05) is 90.1 Å². The first-order valence-electron chi connectivity index (χ1n) is 18.9. The molecule has 0 unspecified atom stereocenters. The van der Waals surface area contributed by atoms with Gasteiger partial charge in [0, 0.05) is 52.9 Å². The van der Waals surface area contributed by atoms with Gasteiger partial charge in [-0.05, 0) is 113 Å². The molecule has 0 saturated carbocycles. The molecule has 0 saturated heterocycles. The van der Waals surface area contributed by atoms with Gasteiger partial charge in [0.2, 0.25) is 0 Å². The largest absolute Gasteiger partial charge is 0.457 e. The van der Waals surface area contributed by atoms with Crippen molar-refractivity contribution in [2.45, 2.75) is 59.8 Å². The fourth-order valence-electron chi connectivity index (χ4n) is 7.40. The standard InChI is InChI=1S/C48H48N4O/c1-7-34-25-38(48(4,5)6)29-40(26-34)51-23-22-50(32-51)39-14-11-15-41(30-39)53-42-17-18-43-44-28-37(36-12-9-8-10-13-36)16-19-45(44)52(46(43)31-42)47-27-35(20-21-49-47)24-33(2)3/h8-23,25-31,33H,7,24,32H2,1-6H3. The van der Waals surface area contributed by atoms with Crippen molar-refractivity contribution in [3.8, 4) is 28.4 Å². The zero-order valence-electron chi connectivity index (χ0n) is 31.7. The number of benzene rings is 5. The van der Waals surface area contributed by atoms with E-state index in [4.69, 9.17) is 9.72 Å².